The number of hydrogen-bond acceptors (Lipinski definition) is 2. The van der Waals surface area contributed by atoms with Crippen molar-refractivity contribution in [1.82, 2.24) is 9.97 Å². The molecule has 0 atom stereocenters. The van der Waals surface area contributed by atoms with Gasteiger partial charge in [-0.05, 0) is 91.3 Å². The topological polar surface area (TPSA) is 37.9 Å². The van der Waals surface area contributed by atoms with Gasteiger partial charge in [0, 0.05) is 5.56 Å². The number of methoxy groups -OCH3 is 1. The Morgan fingerprint density at radius 3 is 1.58 bits per heavy atom. The molecule has 0 unspecified atom stereocenters. The number of rotatable bonds is 5. The quantitative estimate of drug-likeness (QED) is 0.291. The Morgan fingerprint density at radius 2 is 1.11 bits per heavy atom. The van der Waals surface area contributed by atoms with Crippen molar-refractivity contribution in [2.45, 2.75) is 55.4 Å². The van der Waals surface area contributed by atoms with Gasteiger partial charge in [-0.25, -0.2) is 4.98 Å². The summed E-state index contributed by atoms with van der Waals surface area (Å²) in [7, 11) is 1.69. The summed E-state index contributed by atoms with van der Waals surface area (Å²) < 4.78 is 5.35. The Kier molecular flexibility index (Phi) is 6.69. The van der Waals surface area contributed by atoms with Gasteiger partial charge < -0.3 is 9.72 Å². The van der Waals surface area contributed by atoms with Crippen LogP contribution in [-0.4, -0.2) is 23.8 Å². The van der Waals surface area contributed by atoms with E-state index in [4.69, 9.17) is 9.72 Å². The smallest absolute Gasteiger partial charge is 0.243 e. The van der Waals surface area contributed by atoms with Gasteiger partial charge >= 0.3 is 0 Å². The van der Waals surface area contributed by atoms with Crippen molar-refractivity contribution in [3.63, 3.8) is 0 Å². The van der Waals surface area contributed by atoms with Crippen LogP contribution in [0, 0.1) is 55.4 Å². The van der Waals surface area contributed by atoms with Gasteiger partial charge in [-0.1, -0.05) is 79.6 Å². The third kappa shape index (κ3) is 4.43. The highest BCUT2D eigenvalue weighted by Crippen LogP contribution is 2.26. The number of aryl methyl sites for hydroxylation is 8. The summed E-state index contributed by atoms with van der Waals surface area (Å²) in [4.78, 5) is 8.72. The fourth-order valence-electron chi connectivity index (χ4n) is 6.55. The van der Waals surface area contributed by atoms with E-state index in [2.05, 4.69) is 103 Å². The number of aromatic amines is 1. The number of imidazole rings is 1. The number of aromatic nitrogens is 2. The van der Waals surface area contributed by atoms with Crippen LogP contribution in [0.25, 0.3) is 22.4 Å². The SMILES string of the molecule is COc1ccc(-c2nc3c(C)c(B(c4c(C)cc(C)cc4C)c4c(C)cc(C)cc4C)c(C)cc3[nH]2)cc1. The van der Waals surface area contributed by atoms with Crippen molar-refractivity contribution in [3.8, 4) is 17.1 Å². The summed E-state index contributed by atoms with van der Waals surface area (Å²) in [6.07, 6.45) is 0. The molecular formula is C34H37BN2O. The predicted molar refractivity (Wildman–Crippen MR) is 164 cm³/mol. The maximum absolute atomic E-state index is 5.35. The van der Waals surface area contributed by atoms with E-state index in [1.54, 1.807) is 7.11 Å². The molecule has 0 aliphatic carbocycles. The average Bonchev–Trinajstić information content (AvgIpc) is 3.27. The van der Waals surface area contributed by atoms with E-state index < -0.39 is 0 Å². The molecule has 0 amide bonds. The standard InChI is InChI=1S/C34H37BN2O/c1-19-14-21(3)30(22(4)15-19)35(31-23(5)16-20(2)17-24(31)6)32-25(7)18-29-33(26(32)8)37-34(36-29)27-10-12-28(38-9)13-11-27/h10-18H,1-9H3,(H,36,37). The number of hydrogen-bond donors (Lipinski definition) is 1. The second kappa shape index (κ2) is 9.83. The fraction of sp³-hybridized carbons (Fsp3) is 0.265. The average molecular weight is 500 g/mol. The monoisotopic (exact) mass is 500 g/mol. The molecule has 4 aromatic carbocycles. The lowest BCUT2D eigenvalue weighted by atomic mass is 9.33. The highest BCUT2D eigenvalue weighted by atomic mass is 16.5. The van der Waals surface area contributed by atoms with Gasteiger partial charge in [0.05, 0.1) is 18.1 Å². The zero-order chi connectivity index (χ0) is 27.3. The Labute approximate surface area is 227 Å². The van der Waals surface area contributed by atoms with Crippen molar-refractivity contribution in [2.24, 2.45) is 0 Å². The minimum atomic E-state index is 0.127. The second-order valence-corrected chi connectivity index (χ2v) is 11.0. The van der Waals surface area contributed by atoms with Crippen molar-refractivity contribution < 1.29 is 4.74 Å². The first kappa shape index (κ1) is 25.8. The molecule has 0 bridgehead atoms. The van der Waals surface area contributed by atoms with Gasteiger partial charge in [-0.3, -0.25) is 0 Å². The first-order valence-electron chi connectivity index (χ1n) is 13.4. The van der Waals surface area contributed by atoms with Crippen LogP contribution in [-0.2, 0) is 0 Å². The maximum Gasteiger partial charge on any atom is 0.243 e. The van der Waals surface area contributed by atoms with Crippen LogP contribution in [0.1, 0.15) is 44.5 Å². The normalized spacial score (nSPS) is 11.3. The second-order valence-electron chi connectivity index (χ2n) is 11.0. The van der Waals surface area contributed by atoms with Gasteiger partial charge in [0.1, 0.15) is 11.6 Å². The van der Waals surface area contributed by atoms with Crippen LogP contribution in [0.2, 0.25) is 0 Å². The largest absolute Gasteiger partial charge is 0.497 e. The highest BCUT2D eigenvalue weighted by molar-refractivity contribution is 6.97. The zero-order valence-corrected chi connectivity index (χ0v) is 24.1. The van der Waals surface area contributed by atoms with Gasteiger partial charge in [-0.2, -0.15) is 0 Å². The first-order chi connectivity index (χ1) is 18.1. The summed E-state index contributed by atoms with van der Waals surface area (Å²) in [6, 6.07) is 19.7. The lowest BCUT2D eigenvalue weighted by Crippen LogP contribution is -2.57. The molecule has 0 aliphatic heterocycles. The molecule has 1 heterocycles. The molecule has 1 aromatic heterocycles. The lowest BCUT2D eigenvalue weighted by Gasteiger charge is -2.27. The minimum absolute atomic E-state index is 0.127. The molecule has 4 heteroatoms. The van der Waals surface area contributed by atoms with E-state index in [0.29, 0.717) is 0 Å². The fourth-order valence-corrected chi connectivity index (χ4v) is 6.55. The van der Waals surface area contributed by atoms with Crippen LogP contribution >= 0.6 is 0 Å². The molecule has 0 saturated heterocycles. The molecule has 38 heavy (non-hydrogen) atoms. The maximum atomic E-state index is 5.35. The van der Waals surface area contributed by atoms with Gasteiger partial charge in [0.25, 0.3) is 0 Å². The lowest BCUT2D eigenvalue weighted by molar-refractivity contribution is 0.415. The Balaban J connectivity index is 1.80. The summed E-state index contributed by atoms with van der Waals surface area (Å²) in [5.41, 5.74) is 17.8. The molecule has 0 fully saturated rings. The highest BCUT2D eigenvalue weighted by Gasteiger charge is 2.32. The number of nitrogens with zero attached hydrogens (tertiary/aromatic N) is 1. The molecule has 0 radical (unpaired) electrons. The van der Waals surface area contributed by atoms with E-state index in [-0.39, 0.29) is 6.71 Å². The van der Waals surface area contributed by atoms with Crippen LogP contribution < -0.4 is 21.1 Å². The number of nitrogens with one attached hydrogen (secondary N) is 1. The molecule has 0 spiro atoms. The Morgan fingerprint density at radius 1 is 0.632 bits per heavy atom. The van der Waals surface area contributed by atoms with Crippen LogP contribution in [0.4, 0.5) is 0 Å². The first-order valence-corrected chi connectivity index (χ1v) is 13.4. The Bertz CT molecular complexity index is 1570. The van der Waals surface area contributed by atoms with Crippen LogP contribution in [0.5, 0.6) is 5.75 Å². The van der Waals surface area contributed by atoms with Crippen molar-refractivity contribution >= 4 is 34.1 Å². The van der Waals surface area contributed by atoms with Crippen molar-refractivity contribution in [3.05, 3.63) is 99.1 Å². The predicted octanol–water partition coefficient (Wildman–Crippen LogP) is 6.22. The summed E-state index contributed by atoms with van der Waals surface area (Å²) in [5, 5.41) is 0. The van der Waals surface area contributed by atoms with E-state index in [0.717, 1.165) is 28.2 Å². The third-order valence-electron chi connectivity index (χ3n) is 7.98. The number of ether oxygens (including phenoxy) is 1. The molecule has 1 N–H and O–H groups in total. The number of fused-ring (bicyclic) bond motifs is 1. The molecule has 0 saturated carbocycles. The number of benzene rings is 4. The van der Waals surface area contributed by atoms with E-state index >= 15 is 0 Å². The summed E-state index contributed by atoms with van der Waals surface area (Å²) in [6.45, 7) is 18.1. The van der Waals surface area contributed by atoms with E-state index in [1.807, 2.05) is 12.1 Å². The van der Waals surface area contributed by atoms with Crippen LogP contribution in [0.15, 0.2) is 54.6 Å². The van der Waals surface area contributed by atoms with Gasteiger partial charge in [0.15, 0.2) is 0 Å². The zero-order valence-electron chi connectivity index (χ0n) is 24.1. The molecule has 5 aromatic rings. The number of H-pyrrole nitrogens is 1. The van der Waals surface area contributed by atoms with E-state index in [9.17, 15) is 0 Å². The third-order valence-corrected chi connectivity index (χ3v) is 7.98. The minimum Gasteiger partial charge on any atom is -0.497 e. The van der Waals surface area contributed by atoms with Crippen molar-refractivity contribution in [2.75, 3.05) is 7.11 Å². The van der Waals surface area contributed by atoms with E-state index in [1.165, 1.54) is 60.9 Å². The summed E-state index contributed by atoms with van der Waals surface area (Å²) in [5.74, 6) is 1.72. The molecule has 5 rings (SSSR count). The van der Waals surface area contributed by atoms with Gasteiger partial charge in [0.2, 0.25) is 6.71 Å². The molecule has 3 nitrogen and oxygen atoms in total. The van der Waals surface area contributed by atoms with Crippen LogP contribution in [0.3, 0.4) is 0 Å². The Hall–Kier alpha value is -3.79. The summed E-state index contributed by atoms with van der Waals surface area (Å²) >= 11 is 0. The molecular weight excluding hydrogens is 463 g/mol. The molecule has 192 valence electrons. The van der Waals surface area contributed by atoms with Crippen molar-refractivity contribution in [1.29, 1.82) is 0 Å². The molecule has 0 aliphatic rings. The van der Waals surface area contributed by atoms with Gasteiger partial charge in [-0.15, -0.1) is 0 Å².